The summed E-state index contributed by atoms with van der Waals surface area (Å²) in [5, 5.41) is 1.27. The monoisotopic (exact) mass is 433 g/mol. The van der Waals surface area contributed by atoms with Crippen LogP contribution in [0.5, 0.6) is 0 Å². The number of aromatic nitrogens is 2. The Hall–Kier alpha value is -1.00. The van der Waals surface area contributed by atoms with E-state index >= 15 is 0 Å². The first-order chi connectivity index (χ1) is 10.9. The van der Waals surface area contributed by atoms with Crippen LogP contribution in [0.2, 0.25) is 0 Å². The van der Waals surface area contributed by atoms with Crippen molar-refractivity contribution in [2.24, 2.45) is 0 Å². The fourth-order valence-corrected chi connectivity index (χ4v) is 3.55. The van der Waals surface area contributed by atoms with Gasteiger partial charge >= 0.3 is 0 Å². The molecule has 0 bridgehead atoms. The Labute approximate surface area is 151 Å². The lowest BCUT2D eigenvalue weighted by Gasteiger charge is -2.35. The van der Waals surface area contributed by atoms with Crippen molar-refractivity contribution in [3.63, 3.8) is 0 Å². The second-order valence-corrected chi connectivity index (χ2v) is 6.89. The van der Waals surface area contributed by atoms with Crippen molar-refractivity contribution < 1.29 is 9.63 Å². The number of rotatable bonds is 5. The lowest BCUT2D eigenvalue weighted by molar-refractivity contribution is -0.169. The topological polar surface area (TPSA) is 61.8 Å². The van der Waals surface area contributed by atoms with Crippen LogP contribution in [-0.4, -0.2) is 73.2 Å². The largest absolute Gasteiger partial charge is 0.354 e. The number of hydrogen-bond acceptors (Lipinski definition) is 6. The highest BCUT2D eigenvalue weighted by Crippen LogP contribution is 2.31. The highest BCUT2D eigenvalue weighted by atomic mass is 127. The lowest BCUT2D eigenvalue weighted by Crippen LogP contribution is -2.45. The number of carbonyl (C=O) groups is 1. The Morgan fingerprint density at radius 3 is 2.65 bits per heavy atom. The number of piperazine rings is 1. The molecule has 0 aliphatic carbocycles. The molecule has 128 valence electrons. The van der Waals surface area contributed by atoms with Crippen molar-refractivity contribution in [1.29, 1.82) is 0 Å². The van der Waals surface area contributed by atoms with Gasteiger partial charge in [-0.05, 0) is 35.6 Å². The van der Waals surface area contributed by atoms with Gasteiger partial charge in [0.1, 0.15) is 15.8 Å². The summed E-state index contributed by atoms with van der Waals surface area (Å²) in [5.74, 6) is 0.935. The molecule has 0 N–H and O–H groups in total. The maximum absolute atomic E-state index is 12.1. The molecule has 1 saturated heterocycles. The molecule has 0 saturated carbocycles. The summed E-state index contributed by atoms with van der Waals surface area (Å²) in [7, 11) is 5.25. The van der Waals surface area contributed by atoms with Crippen molar-refractivity contribution >= 4 is 34.3 Å². The Bertz CT molecular complexity index is 549. The SMILES string of the molecule is CON(C)C(=O)C[C@@H](C)c1c(I)ncnc1N1CCN(C)CC1. The number of halogens is 1. The highest BCUT2D eigenvalue weighted by molar-refractivity contribution is 14.1. The zero-order valence-electron chi connectivity index (χ0n) is 14.1. The predicted octanol–water partition coefficient (Wildman–Crippen LogP) is 1.35. The van der Waals surface area contributed by atoms with E-state index in [0.717, 1.165) is 41.3 Å². The van der Waals surface area contributed by atoms with Gasteiger partial charge < -0.3 is 9.80 Å². The van der Waals surface area contributed by atoms with Gasteiger partial charge in [-0.1, -0.05) is 6.92 Å². The van der Waals surface area contributed by atoms with Gasteiger partial charge in [0.05, 0.1) is 7.11 Å². The van der Waals surface area contributed by atoms with E-state index in [1.807, 2.05) is 6.92 Å². The van der Waals surface area contributed by atoms with Gasteiger partial charge in [0, 0.05) is 45.2 Å². The van der Waals surface area contributed by atoms with Crippen LogP contribution in [-0.2, 0) is 9.63 Å². The Balaban J connectivity index is 2.22. The number of anilines is 1. The first-order valence-corrected chi connectivity index (χ1v) is 8.76. The Kier molecular flexibility index (Phi) is 6.54. The fourth-order valence-electron chi connectivity index (χ4n) is 2.65. The Morgan fingerprint density at radius 1 is 1.39 bits per heavy atom. The van der Waals surface area contributed by atoms with Gasteiger partial charge in [0.2, 0.25) is 5.91 Å². The van der Waals surface area contributed by atoms with Crippen molar-refractivity contribution in [2.75, 3.05) is 52.3 Å². The first-order valence-electron chi connectivity index (χ1n) is 7.68. The smallest absolute Gasteiger partial charge is 0.246 e. The molecule has 1 amide bonds. The first kappa shape index (κ1) is 18.3. The van der Waals surface area contributed by atoms with Gasteiger partial charge in [0.15, 0.2) is 0 Å². The zero-order valence-corrected chi connectivity index (χ0v) is 16.3. The van der Waals surface area contributed by atoms with Crippen LogP contribution in [0.1, 0.15) is 24.8 Å². The normalized spacial score (nSPS) is 17.2. The van der Waals surface area contributed by atoms with Gasteiger partial charge in [0.25, 0.3) is 0 Å². The van der Waals surface area contributed by atoms with Crippen LogP contribution < -0.4 is 4.90 Å². The quantitative estimate of drug-likeness (QED) is 0.397. The van der Waals surface area contributed by atoms with Crippen molar-refractivity contribution in [3.05, 3.63) is 15.6 Å². The standard InChI is InChI=1S/C15H24IN5O2/c1-11(9-12(22)20(3)23-4)13-14(16)17-10-18-15(13)21-7-5-19(2)6-8-21/h10-11H,5-9H2,1-4H3/t11-/m1/s1. The van der Waals surface area contributed by atoms with Crippen LogP contribution in [0.25, 0.3) is 0 Å². The van der Waals surface area contributed by atoms with E-state index in [-0.39, 0.29) is 11.8 Å². The fraction of sp³-hybridized carbons (Fsp3) is 0.667. The molecule has 1 aliphatic rings. The van der Waals surface area contributed by atoms with Crippen LogP contribution in [0.15, 0.2) is 6.33 Å². The summed E-state index contributed by atoms with van der Waals surface area (Å²) in [5.41, 5.74) is 1.05. The van der Waals surface area contributed by atoms with E-state index in [2.05, 4.69) is 49.4 Å². The number of nitrogens with zero attached hydrogens (tertiary/aromatic N) is 5. The molecule has 0 spiro atoms. The molecule has 2 rings (SSSR count). The summed E-state index contributed by atoms with van der Waals surface area (Å²) in [6, 6.07) is 0. The van der Waals surface area contributed by atoms with Crippen LogP contribution in [0.3, 0.4) is 0 Å². The number of hydroxylamine groups is 2. The summed E-state index contributed by atoms with van der Waals surface area (Å²) < 4.78 is 0.909. The molecule has 0 aromatic carbocycles. The van der Waals surface area contributed by atoms with Crippen molar-refractivity contribution in [3.8, 4) is 0 Å². The average Bonchev–Trinajstić information content (AvgIpc) is 2.54. The molecule has 7 nitrogen and oxygen atoms in total. The summed E-state index contributed by atoms with van der Waals surface area (Å²) >= 11 is 2.23. The number of amides is 1. The van der Waals surface area contributed by atoms with E-state index in [1.54, 1.807) is 13.4 Å². The molecule has 1 aromatic heterocycles. The molecule has 0 unspecified atom stereocenters. The minimum atomic E-state index is -0.0519. The second kappa shape index (κ2) is 8.20. The zero-order chi connectivity index (χ0) is 17.0. The third kappa shape index (κ3) is 4.51. The predicted molar refractivity (Wildman–Crippen MR) is 97.3 cm³/mol. The van der Waals surface area contributed by atoms with E-state index in [0.29, 0.717) is 6.42 Å². The summed E-state index contributed by atoms with van der Waals surface area (Å²) in [6.07, 6.45) is 1.98. The molecule has 1 aliphatic heterocycles. The van der Waals surface area contributed by atoms with E-state index in [1.165, 1.54) is 12.2 Å². The van der Waals surface area contributed by atoms with Crippen molar-refractivity contribution in [2.45, 2.75) is 19.3 Å². The molecule has 0 radical (unpaired) electrons. The number of carbonyl (C=O) groups excluding carboxylic acids is 1. The summed E-state index contributed by atoms with van der Waals surface area (Å²) in [4.78, 5) is 30.6. The molecule has 2 heterocycles. The van der Waals surface area contributed by atoms with Crippen LogP contribution in [0, 0.1) is 3.70 Å². The van der Waals surface area contributed by atoms with Crippen LogP contribution in [0.4, 0.5) is 5.82 Å². The third-order valence-electron chi connectivity index (χ3n) is 4.22. The molecule has 1 atom stereocenters. The second-order valence-electron chi connectivity index (χ2n) is 5.87. The van der Waals surface area contributed by atoms with E-state index in [4.69, 9.17) is 4.84 Å². The van der Waals surface area contributed by atoms with E-state index in [9.17, 15) is 4.79 Å². The molecule has 1 aromatic rings. The molecule has 1 fully saturated rings. The molecular weight excluding hydrogens is 409 g/mol. The van der Waals surface area contributed by atoms with Crippen molar-refractivity contribution in [1.82, 2.24) is 19.9 Å². The van der Waals surface area contributed by atoms with Crippen LogP contribution >= 0.6 is 22.6 Å². The number of likely N-dealkylation sites (N-methyl/N-ethyl adjacent to an activating group) is 1. The molecule has 8 heteroatoms. The van der Waals surface area contributed by atoms with Gasteiger partial charge in [-0.25, -0.2) is 15.0 Å². The van der Waals surface area contributed by atoms with E-state index < -0.39 is 0 Å². The maximum Gasteiger partial charge on any atom is 0.246 e. The average molecular weight is 433 g/mol. The minimum absolute atomic E-state index is 0.0304. The lowest BCUT2D eigenvalue weighted by atomic mass is 9.98. The Morgan fingerprint density at radius 2 is 2.04 bits per heavy atom. The minimum Gasteiger partial charge on any atom is -0.354 e. The molecule has 23 heavy (non-hydrogen) atoms. The summed E-state index contributed by atoms with van der Waals surface area (Å²) in [6.45, 7) is 5.95. The highest BCUT2D eigenvalue weighted by Gasteiger charge is 2.25. The molecular formula is C15H24IN5O2. The third-order valence-corrected chi connectivity index (χ3v) is 5.08. The van der Waals surface area contributed by atoms with Gasteiger partial charge in [-0.2, -0.15) is 0 Å². The number of hydrogen-bond donors (Lipinski definition) is 0. The maximum atomic E-state index is 12.1. The van der Waals surface area contributed by atoms with Gasteiger partial charge in [-0.15, -0.1) is 0 Å². The van der Waals surface area contributed by atoms with Gasteiger partial charge in [-0.3, -0.25) is 9.63 Å².